The maximum absolute atomic E-state index is 14.1. The summed E-state index contributed by atoms with van der Waals surface area (Å²) in [6.45, 7) is 1.76. The minimum atomic E-state index is -0.822. The minimum Gasteiger partial charge on any atom is -0.496 e. The van der Waals surface area contributed by atoms with Gasteiger partial charge in [-0.2, -0.15) is 0 Å². The first-order chi connectivity index (χ1) is 16.3. The third-order valence-corrected chi connectivity index (χ3v) is 5.83. The van der Waals surface area contributed by atoms with Gasteiger partial charge in [0, 0.05) is 17.0 Å². The zero-order chi connectivity index (χ0) is 24.4. The molecule has 0 atom stereocenters. The van der Waals surface area contributed by atoms with E-state index in [-0.39, 0.29) is 22.8 Å². The molecule has 0 bridgehead atoms. The molecular weight excluding hydrogens is 459 g/mol. The van der Waals surface area contributed by atoms with Crippen LogP contribution in [-0.2, 0) is 16.0 Å². The summed E-state index contributed by atoms with van der Waals surface area (Å²) in [5.74, 6) is -1.56. The number of para-hydroxylation sites is 1. The predicted octanol–water partition coefficient (Wildman–Crippen LogP) is 5.05. The van der Waals surface area contributed by atoms with Gasteiger partial charge in [-0.05, 0) is 54.0 Å². The number of aryl methyl sites for hydroxylation is 1. The number of hydrogen-bond acceptors (Lipinski definition) is 4. The number of imide groups is 2. The van der Waals surface area contributed by atoms with Crippen LogP contribution in [0.1, 0.15) is 22.3 Å². The van der Waals surface area contributed by atoms with Crippen LogP contribution in [0.4, 0.5) is 14.9 Å². The normalized spacial score (nSPS) is 15.0. The number of hydrogen-bond donors (Lipinski definition) is 1. The van der Waals surface area contributed by atoms with E-state index < -0.39 is 17.8 Å². The Hall–Kier alpha value is -3.97. The van der Waals surface area contributed by atoms with Gasteiger partial charge in [-0.15, -0.1) is 0 Å². The maximum Gasteiger partial charge on any atom is 0.335 e. The van der Waals surface area contributed by atoms with Gasteiger partial charge in [0.2, 0.25) is 0 Å². The summed E-state index contributed by atoms with van der Waals surface area (Å²) < 4.78 is 19.6. The molecule has 34 heavy (non-hydrogen) atoms. The van der Waals surface area contributed by atoms with Crippen molar-refractivity contribution in [3.05, 3.63) is 99.3 Å². The molecular formula is C26H20ClFN2O4. The van der Waals surface area contributed by atoms with E-state index in [1.807, 2.05) is 0 Å². The lowest BCUT2D eigenvalue weighted by atomic mass is 10.00. The van der Waals surface area contributed by atoms with Gasteiger partial charge in [-0.1, -0.05) is 48.0 Å². The zero-order valence-electron chi connectivity index (χ0n) is 18.4. The molecule has 6 nitrogen and oxygen atoms in total. The van der Waals surface area contributed by atoms with Gasteiger partial charge in [0.1, 0.15) is 17.1 Å². The van der Waals surface area contributed by atoms with Crippen molar-refractivity contribution in [3.8, 4) is 5.75 Å². The second-order valence-corrected chi connectivity index (χ2v) is 8.10. The Morgan fingerprint density at radius 2 is 1.76 bits per heavy atom. The van der Waals surface area contributed by atoms with E-state index >= 15 is 0 Å². The molecule has 3 aromatic carbocycles. The number of rotatable bonds is 5. The van der Waals surface area contributed by atoms with Crippen molar-refractivity contribution in [1.29, 1.82) is 0 Å². The van der Waals surface area contributed by atoms with Crippen LogP contribution in [0.25, 0.3) is 6.08 Å². The highest BCUT2D eigenvalue weighted by atomic mass is 35.5. The molecule has 1 aliphatic heterocycles. The largest absolute Gasteiger partial charge is 0.496 e. The van der Waals surface area contributed by atoms with Gasteiger partial charge in [0.15, 0.2) is 0 Å². The van der Waals surface area contributed by atoms with Crippen LogP contribution in [0.5, 0.6) is 5.75 Å². The summed E-state index contributed by atoms with van der Waals surface area (Å²) in [7, 11) is 1.45. The van der Waals surface area contributed by atoms with Gasteiger partial charge in [0.05, 0.1) is 12.8 Å². The third kappa shape index (κ3) is 4.43. The molecule has 8 heteroatoms. The SMILES string of the molecule is COc1cc(/C=C2\C(=O)NC(=O)N(c3ccccc3C)C2=O)cc(Cl)c1Cc1ccccc1F. The third-order valence-electron chi connectivity index (χ3n) is 5.49. The molecule has 0 aliphatic carbocycles. The van der Waals surface area contributed by atoms with Crippen molar-refractivity contribution in [1.82, 2.24) is 5.32 Å². The molecule has 1 heterocycles. The number of nitrogens with zero attached hydrogens (tertiary/aromatic N) is 1. The van der Waals surface area contributed by atoms with Crippen LogP contribution in [0.3, 0.4) is 0 Å². The van der Waals surface area contributed by atoms with Crippen molar-refractivity contribution in [2.24, 2.45) is 0 Å². The number of barbiturate groups is 1. The second-order valence-electron chi connectivity index (χ2n) is 7.70. The average Bonchev–Trinajstić information content (AvgIpc) is 2.80. The monoisotopic (exact) mass is 478 g/mol. The van der Waals surface area contributed by atoms with Gasteiger partial charge in [0.25, 0.3) is 11.8 Å². The van der Waals surface area contributed by atoms with Gasteiger partial charge >= 0.3 is 6.03 Å². The molecule has 1 fully saturated rings. The van der Waals surface area contributed by atoms with E-state index in [4.69, 9.17) is 16.3 Å². The quantitative estimate of drug-likeness (QED) is 0.411. The lowest BCUT2D eigenvalue weighted by Gasteiger charge is -2.27. The number of ether oxygens (including phenoxy) is 1. The maximum atomic E-state index is 14.1. The molecule has 3 aromatic rings. The number of carbonyl (C=O) groups excluding carboxylic acids is 3. The fraction of sp³-hybridized carbons (Fsp3) is 0.115. The topological polar surface area (TPSA) is 75.7 Å². The summed E-state index contributed by atoms with van der Waals surface area (Å²) in [6, 6.07) is 15.5. The molecule has 1 aliphatic rings. The van der Waals surface area contributed by atoms with E-state index in [1.54, 1.807) is 61.5 Å². The highest BCUT2D eigenvalue weighted by Crippen LogP contribution is 2.33. The van der Waals surface area contributed by atoms with Crippen LogP contribution in [0, 0.1) is 12.7 Å². The molecule has 0 unspecified atom stereocenters. The molecule has 1 saturated heterocycles. The van der Waals surface area contributed by atoms with Crippen molar-refractivity contribution in [3.63, 3.8) is 0 Å². The Bertz CT molecular complexity index is 1350. The number of nitrogens with one attached hydrogen (secondary N) is 1. The van der Waals surface area contributed by atoms with E-state index in [9.17, 15) is 18.8 Å². The molecule has 0 radical (unpaired) electrons. The van der Waals surface area contributed by atoms with Crippen molar-refractivity contribution >= 4 is 41.2 Å². The summed E-state index contributed by atoms with van der Waals surface area (Å²) in [5, 5.41) is 2.48. The van der Waals surface area contributed by atoms with Crippen molar-refractivity contribution < 1.29 is 23.5 Å². The molecule has 0 saturated carbocycles. The molecule has 0 aromatic heterocycles. The fourth-order valence-electron chi connectivity index (χ4n) is 3.76. The first kappa shape index (κ1) is 23.2. The van der Waals surface area contributed by atoms with E-state index in [0.29, 0.717) is 33.7 Å². The second kappa shape index (κ2) is 9.49. The van der Waals surface area contributed by atoms with Gasteiger partial charge < -0.3 is 4.74 Å². The standard InChI is InChI=1S/C26H20ClFN2O4/c1-15-7-3-6-10-22(15)30-25(32)19(24(31)29-26(30)33)11-16-12-20(27)18(23(13-16)34-2)14-17-8-4-5-9-21(17)28/h3-13H,14H2,1-2H3,(H,29,31,33)/b19-11+. The van der Waals surface area contributed by atoms with Gasteiger partial charge in [-0.3, -0.25) is 14.9 Å². The van der Waals surface area contributed by atoms with Crippen molar-refractivity contribution in [2.75, 3.05) is 12.0 Å². The lowest BCUT2D eigenvalue weighted by molar-refractivity contribution is -0.122. The van der Waals surface area contributed by atoms with E-state index in [0.717, 1.165) is 4.90 Å². The number of halogens is 2. The molecule has 4 rings (SSSR count). The zero-order valence-corrected chi connectivity index (χ0v) is 19.2. The van der Waals surface area contributed by atoms with Crippen LogP contribution in [0.15, 0.2) is 66.2 Å². The van der Waals surface area contributed by atoms with Crippen molar-refractivity contribution in [2.45, 2.75) is 13.3 Å². The van der Waals surface area contributed by atoms with E-state index in [1.165, 1.54) is 19.3 Å². The first-order valence-corrected chi connectivity index (χ1v) is 10.7. The highest BCUT2D eigenvalue weighted by molar-refractivity contribution is 6.39. The predicted molar refractivity (Wildman–Crippen MR) is 127 cm³/mol. The molecule has 0 spiro atoms. The number of urea groups is 1. The molecule has 1 N–H and O–H groups in total. The minimum absolute atomic E-state index is 0.195. The highest BCUT2D eigenvalue weighted by Gasteiger charge is 2.37. The van der Waals surface area contributed by atoms with Crippen LogP contribution in [-0.4, -0.2) is 25.0 Å². The van der Waals surface area contributed by atoms with Crippen LogP contribution < -0.4 is 15.0 Å². The molecule has 172 valence electrons. The number of methoxy groups -OCH3 is 1. The summed E-state index contributed by atoms with van der Waals surface area (Å²) >= 11 is 6.49. The van der Waals surface area contributed by atoms with Crippen LogP contribution in [0.2, 0.25) is 5.02 Å². The molecule has 4 amide bonds. The summed E-state index contributed by atoms with van der Waals surface area (Å²) in [4.78, 5) is 39.0. The average molecular weight is 479 g/mol. The van der Waals surface area contributed by atoms with Gasteiger partial charge in [-0.25, -0.2) is 14.1 Å². The van der Waals surface area contributed by atoms with Crippen LogP contribution >= 0.6 is 11.6 Å². The fourth-order valence-corrected chi connectivity index (χ4v) is 4.04. The number of amides is 4. The number of anilines is 1. The Morgan fingerprint density at radius 1 is 1.06 bits per heavy atom. The smallest absolute Gasteiger partial charge is 0.335 e. The lowest BCUT2D eigenvalue weighted by Crippen LogP contribution is -2.54. The van der Waals surface area contributed by atoms with E-state index in [2.05, 4.69) is 5.32 Å². The Balaban J connectivity index is 1.73. The first-order valence-electron chi connectivity index (χ1n) is 10.4. The summed E-state index contributed by atoms with van der Waals surface area (Å²) in [6.07, 6.45) is 1.54. The Kier molecular flexibility index (Phi) is 6.47. The summed E-state index contributed by atoms with van der Waals surface area (Å²) in [5.41, 5.74) is 2.26. The Morgan fingerprint density at radius 3 is 2.47 bits per heavy atom. The Labute approximate surface area is 200 Å². The number of benzene rings is 3. The number of carbonyl (C=O) groups is 3.